The van der Waals surface area contributed by atoms with Crippen molar-refractivity contribution in [1.82, 2.24) is 4.98 Å². The van der Waals surface area contributed by atoms with Crippen molar-refractivity contribution >= 4 is 0 Å². The van der Waals surface area contributed by atoms with Crippen molar-refractivity contribution < 1.29 is 0 Å². The van der Waals surface area contributed by atoms with E-state index in [1.165, 1.54) is 24.1 Å². The van der Waals surface area contributed by atoms with Gasteiger partial charge in [0.2, 0.25) is 0 Å². The Hall–Kier alpha value is -0.720. The molecule has 1 fully saturated rings. The SMILES string of the molecule is CC(C)(C)c1cc[nH]c1C1CC1. The van der Waals surface area contributed by atoms with Gasteiger partial charge in [-0.05, 0) is 35.8 Å². The zero-order valence-corrected chi connectivity index (χ0v) is 8.15. The molecule has 12 heavy (non-hydrogen) atoms. The number of aromatic nitrogens is 1. The van der Waals surface area contributed by atoms with E-state index in [1.54, 1.807) is 0 Å². The molecule has 1 aliphatic carbocycles. The predicted octanol–water partition coefficient (Wildman–Crippen LogP) is 3.19. The first-order valence-electron chi connectivity index (χ1n) is 4.77. The normalized spacial score (nSPS) is 18.2. The van der Waals surface area contributed by atoms with Crippen LogP contribution in [0.1, 0.15) is 50.8 Å². The van der Waals surface area contributed by atoms with Gasteiger partial charge in [-0.25, -0.2) is 0 Å². The number of H-pyrrole nitrogens is 1. The quantitative estimate of drug-likeness (QED) is 0.654. The van der Waals surface area contributed by atoms with E-state index in [0.717, 1.165) is 5.92 Å². The summed E-state index contributed by atoms with van der Waals surface area (Å²) in [5.41, 5.74) is 3.30. The van der Waals surface area contributed by atoms with Crippen LogP contribution in [0.2, 0.25) is 0 Å². The maximum atomic E-state index is 3.37. The highest BCUT2D eigenvalue weighted by atomic mass is 14.7. The van der Waals surface area contributed by atoms with Gasteiger partial charge >= 0.3 is 0 Å². The Labute approximate surface area is 74.2 Å². The molecular weight excluding hydrogens is 146 g/mol. The highest BCUT2D eigenvalue weighted by Crippen LogP contribution is 2.43. The summed E-state index contributed by atoms with van der Waals surface area (Å²) in [5, 5.41) is 0. The first kappa shape index (κ1) is 7.90. The molecule has 0 aliphatic heterocycles. The standard InChI is InChI=1S/C11H17N/c1-11(2,3)9-6-7-12-10(9)8-4-5-8/h6-8,12H,4-5H2,1-3H3. The maximum Gasteiger partial charge on any atom is 0.0216 e. The number of hydrogen-bond acceptors (Lipinski definition) is 0. The molecule has 1 saturated carbocycles. The molecular formula is C11H17N. The largest absolute Gasteiger partial charge is 0.365 e. The number of hydrogen-bond donors (Lipinski definition) is 1. The molecule has 0 unspecified atom stereocenters. The van der Waals surface area contributed by atoms with E-state index in [4.69, 9.17) is 0 Å². The van der Waals surface area contributed by atoms with E-state index in [0.29, 0.717) is 5.41 Å². The van der Waals surface area contributed by atoms with E-state index < -0.39 is 0 Å². The Morgan fingerprint density at radius 3 is 2.50 bits per heavy atom. The Balaban J connectivity index is 2.36. The first-order chi connectivity index (χ1) is 5.59. The van der Waals surface area contributed by atoms with Gasteiger partial charge in [-0.3, -0.25) is 0 Å². The van der Waals surface area contributed by atoms with Crippen LogP contribution in [-0.4, -0.2) is 4.98 Å². The van der Waals surface area contributed by atoms with Gasteiger partial charge in [0, 0.05) is 11.9 Å². The second-order valence-corrected chi connectivity index (χ2v) is 4.83. The first-order valence-corrected chi connectivity index (χ1v) is 4.77. The Morgan fingerprint density at radius 1 is 1.33 bits per heavy atom. The van der Waals surface area contributed by atoms with Crippen molar-refractivity contribution in [2.75, 3.05) is 0 Å². The van der Waals surface area contributed by atoms with Crippen molar-refractivity contribution in [3.63, 3.8) is 0 Å². The zero-order chi connectivity index (χ0) is 8.77. The van der Waals surface area contributed by atoms with Crippen LogP contribution in [0.4, 0.5) is 0 Å². The lowest BCUT2D eigenvalue weighted by atomic mass is 9.86. The van der Waals surface area contributed by atoms with Gasteiger partial charge in [-0.15, -0.1) is 0 Å². The van der Waals surface area contributed by atoms with E-state index in [1.807, 2.05) is 0 Å². The third-order valence-corrected chi connectivity index (χ3v) is 2.57. The zero-order valence-electron chi connectivity index (χ0n) is 8.15. The van der Waals surface area contributed by atoms with Crippen molar-refractivity contribution in [2.24, 2.45) is 0 Å². The summed E-state index contributed by atoms with van der Waals surface area (Å²) in [4.78, 5) is 3.37. The molecule has 0 radical (unpaired) electrons. The third kappa shape index (κ3) is 1.28. The van der Waals surface area contributed by atoms with E-state index in [-0.39, 0.29) is 0 Å². The summed E-state index contributed by atoms with van der Waals surface area (Å²) in [5.74, 6) is 0.842. The highest BCUT2D eigenvalue weighted by molar-refractivity contribution is 5.32. The molecule has 1 N–H and O–H groups in total. The molecule has 1 aromatic rings. The Bertz CT molecular complexity index is 273. The molecule has 1 heterocycles. The average Bonchev–Trinajstić information content (AvgIpc) is 2.65. The monoisotopic (exact) mass is 163 g/mol. The molecule has 0 bridgehead atoms. The molecule has 0 saturated heterocycles. The lowest BCUT2D eigenvalue weighted by molar-refractivity contribution is 0.583. The second-order valence-electron chi connectivity index (χ2n) is 4.83. The van der Waals surface area contributed by atoms with Crippen LogP contribution >= 0.6 is 0 Å². The van der Waals surface area contributed by atoms with Crippen LogP contribution in [0.25, 0.3) is 0 Å². The Kier molecular flexibility index (Phi) is 1.57. The molecule has 0 amide bonds. The number of nitrogens with one attached hydrogen (secondary N) is 1. The Morgan fingerprint density at radius 2 is 2.00 bits per heavy atom. The van der Waals surface area contributed by atoms with Crippen LogP contribution in [0.3, 0.4) is 0 Å². The third-order valence-electron chi connectivity index (χ3n) is 2.57. The van der Waals surface area contributed by atoms with Crippen LogP contribution < -0.4 is 0 Å². The maximum absolute atomic E-state index is 3.37. The molecule has 1 aliphatic rings. The number of aromatic amines is 1. The lowest BCUT2D eigenvalue weighted by Gasteiger charge is -2.19. The molecule has 2 rings (SSSR count). The summed E-state index contributed by atoms with van der Waals surface area (Å²) in [6.45, 7) is 6.84. The van der Waals surface area contributed by atoms with Gasteiger partial charge in [0.05, 0.1) is 0 Å². The van der Waals surface area contributed by atoms with Crippen molar-refractivity contribution in [3.8, 4) is 0 Å². The van der Waals surface area contributed by atoms with Gasteiger partial charge in [0.15, 0.2) is 0 Å². The minimum absolute atomic E-state index is 0.303. The molecule has 66 valence electrons. The minimum atomic E-state index is 0.303. The molecule has 0 atom stereocenters. The van der Waals surface area contributed by atoms with Gasteiger partial charge in [-0.2, -0.15) is 0 Å². The van der Waals surface area contributed by atoms with Crippen LogP contribution in [-0.2, 0) is 5.41 Å². The van der Waals surface area contributed by atoms with Crippen LogP contribution in [0.5, 0.6) is 0 Å². The lowest BCUT2D eigenvalue weighted by Crippen LogP contribution is -2.12. The second kappa shape index (κ2) is 2.38. The summed E-state index contributed by atoms with van der Waals surface area (Å²) >= 11 is 0. The molecule has 1 aromatic heterocycles. The number of rotatable bonds is 1. The molecule has 0 aromatic carbocycles. The predicted molar refractivity (Wildman–Crippen MR) is 51.5 cm³/mol. The summed E-state index contributed by atoms with van der Waals surface area (Å²) in [6.07, 6.45) is 4.83. The van der Waals surface area contributed by atoms with Crippen molar-refractivity contribution in [2.45, 2.75) is 44.9 Å². The van der Waals surface area contributed by atoms with Gasteiger partial charge in [0.1, 0.15) is 0 Å². The van der Waals surface area contributed by atoms with Crippen LogP contribution in [0, 0.1) is 0 Å². The fourth-order valence-corrected chi connectivity index (χ4v) is 1.75. The summed E-state index contributed by atoms with van der Waals surface area (Å²) < 4.78 is 0. The van der Waals surface area contributed by atoms with Gasteiger partial charge < -0.3 is 4.98 Å². The summed E-state index contributed by atoms with van der Waals surface area (Å²) in [6, 6.07) is 2.23. The van der Waals surface area contributed by atoms with E-state index in [2.05, 4.69) is 38.0 Å². The van der Waals surface area contributed by atoms with Crippen LogP contribution in [0.15, 0.2) is 12.3 Å². The van der Waals surface area contributed by atoms with E-state index >= 15 is 0 Å². The highest BCUT2D eigenvalue weighted by Gasteiger charge is 2.30. The fourth-order valence-electron chi connectivity index (χ4n) is 1.75. The van der Waals surface area contributed by atoms with Gasteiger partial charge in [0.25, 0.3) is 0 Å². The topological polar surface area (TPSA) is 15.8 Å². The summed E-state index contributed by atoms with van der Waals surface area (Å²) in [7, 11) is 0. The van der Waals surface area contributed by atoms with Crippen molar-refractivity contribution in [3.05, 3.63) is 23.5 Å². The molecule has 1 heteroatoms. The smallest absolute Gasteiger partial charge is 0.0216 e. The minimum Gasteiger partial charge on any atom is -0.365 e. The molecule has 1 nitrogen and oxygen atoms in total. The van der Waals surface area contributed by atoms with Crippen molar-refractivity contribution in [1.29, 1.82) is 0 Å². The molecule has 0 spiro atoms. The average molecular weight is 163 g/mol. The van der Waals surface area contributed by atoms with E-state index in [9.17, 15) is 0 Å². The van der Waals surface area contributed by atoms with Gasteiger partial charge in [-0.1, -0.05) is 20.8 Å². The fraction of sp³-hybridized carbons (Fsp3) is 0.636.